The Morgan fingerprint density at radius 3 is 2.95 bits per heavy atom. The van der Waals surface area contributed by atoms with Gasteiger partial charge in [-0.25, -0.2) is 4.98 Å². The SMILES string of the molecule is NCc1cc2c(nc1OCc1cccc(Cl)c1)CCC2. The number of hydrogen-bond acceptors (Lipinski definition) is 3. The monoisotopic (exact) mass is 288 g/mol. The van der Waals surface area contributed by atoms with Crippen molar-refractivity contribution in [1.29, 1.82) is 0 Å². The van der Waals surface area contributed by atoms with Crippen LogP contribution < -0.4 is 10.5 Å². The molecule has 1 heterocycles. The van der Waals surface area contributed by atoms with Gasteiger partial charge in [0.15, 0.2) is 0 Å². The summed E-state index contributed by atoms with van der Waals surface area (Å²) in [5, 5.41) is 0.715. The highest BCUT2D eigenvalue weighted by molar-refractivity contribution is 6.30. The number of pyridine rings is 1. The van der Waals surface area contributed by atoms with Crippen LogP contribution in [0, 0.1) is 0 Å². The van der Waals surface area contributed by atoms with E-state index in [1.807, 2.05) is 24.3 Å². The van der Waals surface area contributed by atoms with Crippen molar-refractivity contribution in [3.05, 3.63) is 57.7 Å². The highest BCUT2D eigenvalue weighted by Crippen LogP contribution is 2.27. The molecule has 1 aliphatic rings. The molecule has 0 bridgehead atoms. The standard InChI is InChI=1S/C16H17ClN2O/c17-14-5-1-3-11(7-14)10-20-16-13(9-18)8-12-4-2-6-15(12)19-16/h1,3,5,7-8H,2,4,6,9-10,18H2. The molecule has 0 saturated heterocycles. The zero-order chi connectivity index (χ0) is 13.9. The van der Waals surface area contributed by atoms with E-state index < -0.39 is 0 Å². The third kappa shape index (κ3) is 2.79. The molecule has 1 aliphatic carbocycles. The Hall–Kier alpha value is -1.58. The number of hydrogen-bond donors (Lipinski definition) is 1. The highest BCUT2D eigenvalue weighted by Gasteiger charge is 2.16. The van der Waals surface area contributed by atoms with Crippen LogP contribution >= 0.6 is 11.6 Å². The van der Waals surface area contributed by atoms with Crippen LogP contribution in [-0.4, -0.2) is 4.98 Å². The van der Waals surface area contributed by atoms with E-state index in [1.54, 1.807) is 0 Å². The molecule has 0 aliphatic heterocycles. The molecule has 20 heavy (non-hydrogen) atoms. The van der Waals surface area contributed by atoms with Crippen molar-refractivity contribution in [1.82, 2.24) is 4.98 Å². The number of ether oxygens (including phenoxy) is 1. The van der Waals surface area contributed by atoms with Gasteiger partial charge in [0.25, 0.3) is 0 Å². The molecule has 2 aromatic rings. The van der Waals surface area contributed by atoms with Crippen LogP contribution in [0.15, 0.2) is 30.3 Å². The van der Waals surface area contributed by atoms with Gasteiger partial charge < -0.3 is 10.5 Å². The summed E-state index contributed by atoms with van der Waals surface area (Å²) in [5.41, 5.74) is 10.3. The zero-order valence-electron chi connectivity index (χ0n) is 11.2. The molecule has 0 fully saturated rings. The van der Waals surface area contributed by atoms with Gasteiger partial charge in [-0.15, -0.1) is 0 Å². The van der Waals surface area contributed by atoms with Crippen LogP contribution in [0.3, 0.4) is 0 Å². The van der Waals surface area contributed by atoms with E-state index in [9.17, 15) is 0 Å². The minimum Gasteiger partial charge on any atom is -0.473 e. The molecule has 104 valence electrons. The van der Waals surface area contributed by atoms with Gasteiger partial charge in [-0.2, -0.15) is 0 Å². The van der Waals surface area contributed by atoms with Gasteiger partial charge in [0.2, 0.25) is 5.88 Å². The van der Waals surface area contributed by atoms with Crippen molar-refractivity contribution >= 4 is 11.6 Å². The molecule has 4 heteroatoms. The van der Waals surface area contributed by atoms with Crippen molar-refractivity contribution in [2.24, 2.45) is 5.73 Å². The van der Waals surface area contributed by atoms with Crippen molar-refractivity contribution < 1.29 is 4.74 Å². The lowest BCUT2D eigenvalue weighted by atomic mass is 10.1. The van der Waals surface area contributed by atoms with Crippen molar-refractivity contribution in [2.45, 2.75) is 32.4 Å². The number of nitrogens with two attached hydrogens (primary N) is 1. The average Bonchev–Trinajstić information content (AvgIpc) is 2.91. The fourth-order valence-electron chi connectivity index (χ4n) is 2.55. The van der Waals surface area contributed by atoms with Gasteiger partial charge in [0, 0.05) is 22.8 Å². The van der Waals surface area contributed by atoms with Crippen LogP contribution in [0.5, 0.6) is 5.88 Å². The van der Waals surface area contributed by atoms with Crippen LogP contribution in [0.25, 0.3) is 0 Å². The maximum atomic E-state index is 5.97. The summed E-state index contributed by atoms with van der Waals surface area (Å²) in [6.45, 7) is 0.907. The van der Waals surface area contributed by atoms with Gasteiger partial charge in [0.05, 0.1) is 0 Å². The number of fused-ring (bicyclic) bond motifs is 1. The Morgan fingerprint density at radius 1 is 1.25 bits per heavy atom. The Balaban J connectivity index is 1.80. The van der Waals surface area contributed by atoms with E-state index in [1.165, 1.54) is 12.0 Å². The van der Waals surface area contributed by atoms with Crippen molar-refractivity contribution in [3.8, 4) is 5.88 Å². The minimum atomic E-state index is 0.450. The molecular formula is C16H17ClN2O. The number of aromatic nitrogens is 1. The summed E-state index contributed by atoms with van der Waals surface area (Å²) in [5.74, 6) is 0.660. The first kappa shape index (κ1) is 13.4. The molecule has 1 aromatic carbocycles. The second-order valence-corrected chi connectivity index (χ2v) is 5.47. The molecular weight excluding hydrogens is 272 g/mol. The van der Waals surface area contributed by atoms with Gasteiger partial charge >= 0.3 is 0 Å². The van der Waals surface area contributed by atoms with E-state index in [0.717, 1.165) is 29.7 Å². The highest BCUT2D eigenvalue weighted by atomic mass is 35.5. The van der Waals surface area contributed by atoms with Crippen LogP contribution in [0.2, 0.25) is 5.02 Å². The summed E-state index contributed by atoms with van der Waals surface area (Å²) < 4.78 is 5.84. The molecule has 0 radical (unpaired) electrons. The Bertz CT molecular complexity index is 628. The average molecular weight is 289 g/mol. The molecule has 2 N–H and O–H groups in total. The van der Waals surface area contributed by atoms with Crippen LogP contribution in [-0.2, 0) is 26.0 Å². The van der Waals surface area contributed by atoms with Crippen molar-refractivity contribution in [3.63, 3.8) is 0 Å². The first-order valence-corrected chi connectivity index (χ1v) is 7.23. The first-order chi connectivity index (χ1) is 9.76. The van der Waals surface area contributed by atoms with Gasteiger partial charge in [-0.1, -0.05) is 23.7 Å². The summed E-state index contributed by atoms with van der Waals surface area (Å²) in [6.07, 6.45) is 3.31. The topological polar surface area (TPSA) is 48.1 Å². The molecule has 0 saturated carbocycles. The van der Waals surface area contributed by atoms with E-state index in [2.05, 4.69) is 11.1 Å². The predicted octanol–water partition coefficient (Wildman–Crippen LogP) is 3.26. The summed E-state index contributed by atoms with van der Waals surface area (Å²) in [7, 11) is 0. The van der Waals surface area contributed by atoms with Crippen LogP contribution in [0.1, 0.15) is 28.8 Å². The third-order valence-electron chi connectivity index (χ3n) is 3.57. The Morgan fingerprint density at radius 2 is 2.15 bits per heavy atom. The Kier molecular flexibility index (Phi) is 3.90. The second kappa shape index (κ2) is 5.81. The zero-order valence-corrected chi connectivity index (χ0v) is 12.0. The number of halogens is 1. The third-order valence-corrected chi connectivity index (χ3v) is 3.81. The van der Waals surface area contributed by atoms with Gasteiger partial charge in [0.1, 0.15) is 6.61 Å². The van der Waals surface area contributed by atoms with Gasteiger partial charge in [-0.05, 0) is 48.6 Å². The second-order valence-electron chi connectivity index (χ2n) is 5.03. The maximum absolute atomic E-state index is 5.97. The quantitative estimate of drug-likeness (QED) is 0.939. The molecule has 3 rings (SSSR count). The number of aryl methyl sites for hydroxylation is 2. The largest absolute Gasteiger partial charge is 0.473 e. The van der Waals surface area contributed by atoms with E-state index in [-0.39, 0.29) is 0 Å². The number of rotatable bonds is 4. The predicted molar refractivity (Wildman–Crippen MR) is 79.9 cm³/mol. The van der Waals surface area contributed by atoms with Gasteiger partial charge in [-0.3, -0.25) is 0 Å². The maximum Gasteiger partial charge on any atom is 0.218 e. The number of nitrogens with zero attached hydrogens (tertiary/aromatic N) is 1. The fourth-order valence-corrected chi connectivity index (χ4v) is 2.76. The molecule has 1 aromatic heterocycles. The van der Waals surface area contributed by atoms with Crippen molar-refractivity contribution in [2.75, 3.05) is 0 Å². The summed E-state index contributed by atoms with van der Waals surface area (Å²) in [6, 6.07) is 9.80. The lowest BCUT2D eigenvalue weighted by molar-refractivity contribution is 0.289. The van der Waals surface area contributed by atoms with E-state index in [4.69, 9.17) is 22.1 Å². The number of benzene rings is 1. The molecule has 0 unspecified atom stereocenters. The smallest absolute Gasteiger partial charge is 0.218 e. The van der Waals surface area contributed by atoms with E-state index in [0.29, 0.717) is 24.1 Å². The molecule has 0 atom stereocenters. The first-order valence-electron chi connectivity index (χ1n) is 6.85. The lowest BCUT2D eigenvalue weighted by Gasteiger charge is -2.12. The Labute approximate surface area is 123 Å². The molecule has 3 nitrogen and oxygen atoms in total. The summed E-state index contributed by atoms with van der Waals surface area (Å²) >= 11 is 5.97. The lowest BCUT2D eigenvalue weighted by Crippen LogP contribution is -2.06. The van der Waals surface area contributed by atoms with E-state index >= 15 is 0 Å². The minimum absolute atomic E-state index is 0.450. The summed E-state index contributed by atoms with van der Waals surface area (Å²) in [4.78, 5) is 4.63. The van der Waals surface area contributed by atoms with Crippen LogP contribution in [0.4, 0.5) is 0 Å². The molecule has 0 amide bonds. The normalized spacial score (nSPS) is 13.3. The fraction of sp³-hybridized carbons (Fsp3) is 0.312. The molecule has 0 spiro atoms.